The molecule has 1 aromatic rings. The van der Waals surface area contributed by atoms with Crippen LogP contribution in [0.15, 0.2) is 40.4 Å². The van der Waals surface area contributed by atoms with Crippen LogP contribution in [0.5, 0.6) is 0 Å². The molecule has 1 N–H and O–H groups in total. The number of carbonyl (C=O) groups excluding carboxylic acids is 2. The summed E-state index contributed by atoms with van der Waals surface area (Å²) in [5.41, 5.74) is -4.97. The van der Waals surface area contributed by atoms with Crippen molar-refractivity contribution in [2.45, 2.75) is 64.5 Å². The van der Waals surface area contributed by atoms with Crippen LogP contribution in [-0.4, -0.2) is 71.7 Å². The first kappa shape index (κ1) is 25.9. The van der Waals surface area contributed by atoms with Crippen LogP contribution < -0.4 is 0 Å². The fourth-order valence-corrected chi connectivity index (χ4v) is 9.54. The second-order valence-corrected chi connectivity index (χ2v) is 13.1. The second-order valence-electron chi connectivity index (χ2n) is 13.1. The summed E-state index contributed by atoms with van der Waals surface area (Å²) in [6.45, 7) is 7.27. The molecule has 2 heterocycles. The predicted octanol–water partition coefficient (Wildman–Crippen LogP) is 4.02. The molecule has 38 heavy (non-hydrogen) atoms. The Morgan fingerprint density at radius 1 is 1.24 bits per heavy atom. The third kappa shape index (κ3) is 3.05. The highest BCUT2D eigenvalue weighted by Gasteiger charge is 2.78. The highest BCUT2D eigenvalue weighted by atomic mass is 19.1. The predicted molar refractivity (Wildman–Crippen MR) is 137 cm³/mol. The van der Waals surface area contributed by atoms with Gasteiger partial charge in [-0.1, -0.05) is 13.0 Å². The summed E-state index contributed by atoms with van der Waals surface area (Å²) in [7, 11) is 3.50. The molecule has 1 aliphatic heterocycles. The van der Waals surface area contributed by atoms with Crippen molar-refractivity contribution in [2.24, 2.45) is 34.0 Å². The number of furan rings is 1. The smallest absolute Gasteiger partial charge is 0.230 e. The Hall–Kier alpha value is -2.32. The van der Waals surface area contributed by atoms with Crippen LogP contribution >= 0.6 is 0 Å². The minimum Gasteiger partial charge on any atom is -0.465 e. The maximum absolute atomic E-state index is 17.5. The zero-order valence-corrected chi connectivity index (χ0v) is 22.8. The standard InChI is InChI=1S/C30H38F2N2O4/c1-17-6-7-20(38-17)15-34-14-18-10-21-22-12-24(31)23-11-19(35)8-9-27(23,2)30(22,32)25(36)13-28(21,3)29(18,16-34)26(37)33(4)5/h6-9,11,18,21-22,24-25,36H,10,12-16H2,1-5H3/t18-,21-,22-,24-,25-,27-,28-,29+,30-/m0/s1. The third-order valence-corrected chi connectivity index (χ3v) is 11.2. The quantitative estimate of drug-likeness (QED) is 0.642. The fourth-order valence-electron chi connectivity index (χ4n) is 9.54. The molecule has 0 unspecified atom stereocenters. The third-order valence-electron chi connectivity index (χ3n) is 11.2. The molecular weight excluding hydrogens is 490 g/mol. The Kier molecular flexibility index (Phi) is 5.53. The van der Waals surface area contributed by atoms with Crippen molar-refractivity contribution in [3.8, 4) is 0 Å². The number of allylic oxidation sites excluding steroid dienone is 4. The SMILES string of the molecule is Cc1ccc(CN2C[C@@H]3C[C@H]4[C@@H]5C[C@H](F)C6=CC(=O)C=C[C@]6(C)[C@@]5(F)[C@@H](O)C[C@]4(C)[C@]3(C(=O)N(C)C)C2)o1. The van der Waals surface area contributed by atoms with E-state index in [1.54, 1.807) is 25.9 Å². The van der Waals surface area contributed by atoms with E-state index in [-0.39, 0.29) is 41.9 Å². The number of aliphatic hydroxyl groups excluding tert-OH is 1. The molecule has 0 spiro atoms. The lowest BCUT2D eigenvalue weighted by Gasteiger charge is -2.63. The lowest BCUT2D eigenvalue weighted by atomic mass is 9.43. The second kappa shape index (κ2) is 8.10. The van der Waals surface area contributed by atoms with Crippen molar-refractivity contribution in [1.29, 1.82) is 0 Å². The molecule has 4 fully saturated rings. The van der Waals surface area contributed by atoms with E-state index >= 15 is 8.78 Å². The van der Waals surface area contributed by atoms with E-state index in [1.807, 2.05) is 26.0 Å². The van der Waals surface area contributed by atoms with Gasteiger partial charge in [0.1, 0.15) is 17.7 Å². The molecule has 8 heteroatoms. The molecule has 6 nitrogen and oxygen atoms in total. The Morgan fingerprint density at radius 2 is 1.97 bits per heavy atom. The van der Waals surface area contributed by atoms with Gasteiger partial charge in [0.15, 0.2) is 11.5 Å². The van der Waals surface area contributed by atoms with E-state index in [9.17, 15) is 14.7 Å². The summed E-state index contributed by atoms with van der Waals surface area (Å²) in [5.74, 6) is 0.205. The van der Waals surface area contributed by atoms with Gasteiger partial charge in [0.05, 0.1) is 18.1 Å². The summed E-state index contributed by atoms with van der Waals surface area (Å²) in [5, 5.41) is 11.7. The maximum atomic E-state index is 17.5. The number of aryl methyl sites for hydroxylation is 1. The number of carbonyl (C=O) groups is 2. The largest absolute Gasteiger partial charge is 0.465 e. The number of nitrogens with zero attached hydrogens (tertiary/aromatic N) is 2. The van der Waals surface area contributed by atoms with Gasteiger partial charge < -0.3 is 14.4 Å². The van der Waals surface area contributed by atoms with Crippen molar-refractivity contribution in [1.82, 2.24) is 9.80 Å². The summed E-state index contributed by atoms with van der Waals surface area (Å²) >= 11 is 0. The van der Waals surface area contributed by atoms with Crippen molar-refractivity contribution in [3.05, 3.63) is 47.5 Å². The van der Waals surface area contributed by atoms with Crippen molar-refractivity contribution in [3.63, 3.8) is 0 Å². The topological polar surface area (TPSA) is 74.0 Å². The minimum atomic E-state index is -2.13. The zero-order chi connectivity index (χ0) is 27.4. The van der Waals surface area contributed by atoms with Gasteiger partial charge in [-0.15, -0.1) is 0 Å². The van der Waals surface area contributed by atoms with Crippen molar-refractivity contribution < 1.29 is 27.9 Å². The number of ketones is 1. The highest BCUT2D eigenvalue weighted by molar-refractivity contribution is 6.01. The molecule has 5 aliphatic rings. The van der Waals surface area contributed by atoms with Gasteiger partial charge in [-0.05, 0) is 80.2 Å². The summed E-state index contributed by atoms with van der Waals surface area (Å²) in [4.78, 5) is 30.1. The normalized spacial score (nSPS) is 45.7. The first-order valence-corrected chi connectivity index (χ1v) is 13.7. The number of fused-ring (bicyclic) bond motifs is 7. The Balaban J connectivity index is 1.42. The van der Waals surface area contributed by atoms with Gasteiger partial charge >= 0.3 is 0 Å². The fraction of sp³-hybridized carbons (Fsp3) is 0.667. The number of amides is 1. The maximum Gasteiger partial charge on any atom is 0.230 e. The van der Waals surface area contributed by atoms with Gasteiger partial charge in [0.2, 0.25) is 5.91 Å². The van der Waals surface area contributed by atoms with Crippen LogP contribution in [0.1, 0.15) is 44.6 Å². The average molecular weight is 529 g/mol. The lowest BCUT2D eigenvalue weighted by Crippen LogP contribution is -2.70. The van der Waals surface area contributed by atoms with E-state index in [2.05, 4.69) is 4.90 Å². The number of rotatable bonds is 3. The van der Waals surface area contributed by atoms with E-state index < -0.39 is 40.1 Å². The molecule has 0 aromatic carbocycles. The Bertz CT molecular complexity index is 1260. The molecule has 9 atom stereocenters. The monoisotopic (exact) mass is 528 g/mol. The van der Waals surface area contributed by atoms with E-state index in [0.717, 1.165) is 11.5 Å². The van der Waals surface area contributed by atoms with Gasteiger partial charge in [-0.3, -0.25) is 14.5 Å². The van der Waals surface area contributed by atoms with Crippen LogP contribution in [0, 0.1) is 40.9 Å². The molecule has 206 valence electrons. The van der Waals surface area contributed by atoms with Crippen LogP contribution in [0.4, 0.5) is 8.78 Å². The molecule has 6 rings (SSSR count). The van der Waals surface area contributed by atoms with E-state index in [4.69, 9.17) is 4.42 Å². The lowest BCUT2D eigenvalue weighted by molar-refractivity contribution is -0.213. The van der Waals surface area contributed by atoms with Crippen LogP contribution in [0.25, 0.3) is 0 Å². The number of halogens is 2. The molecule has 0 radical (unpaired) electrons. The molecular formula is C30H38F2N2O4. The van der Waals surface area contributed by atoms with E-state index in [1.165, 1.54) is 18.2 Å². The highest BCUT2D eigenvalue weighted by Crippen LogP contribution is 2.74. The zero-order valence-electron chi connectivity index (χ0n) is 22.8. The number of hydrogen-bond acceptors (Lipinski definition) is 5. The van der Waals surface area contributed by atoms with Crippen molar-refractivity contribution in [2.75, 3.05) is 27.2 Å². The van der Waals surface area contributed by atoms with Gasteiger partial charge in [-0.25, -0.2) is 8.78 Å². The summed E-state index contributed by atoms with van der Waals surface area (Å²) in [6.07, 6.45) is 1.72. The van der Waals surface area contributed by atoms with Gasteiger partial charge in [0, 0.05) is 38.5 Å². The first-order valence-electron chi connectivity index (χ1n) is 13.7. The van der Waals surface area contributed by atoms with Gasteiger partial charge in [0.25, 0.3) is 0 Å². The van der Waals surface area contributed by atoms with E-state index in [0.29, 0.717) is 26.1 Å². The summed E-state index contributed by atoms with van der Waals surface area (Å²) in [6, 6.07) is 3.88. The number of likely N-dealkylation sites (tertiary alicyclic amines) is 1. The average Bonchev–Trinajstić information content (AvgIpc) is 3.49. The molecule has 1 amide bonds. The van der Waals surface area contributed by atoms with Crippen molar-refractivity contribution >= 4 is 11.7 Å². The Labute approximate surface area is 222 Å². The number of hydrogen-bond donors (Lipinski definition) is 1. The van der Waals surface area contributed by atoms with Crippen LogP contribution in [-0.2, 0) is 16.1 Å². The number of aliphatic hydroxyl groups is 1. The summed E-state index contributed by atoms with van der Waals surface area (Å²) < 4.78 is 39.1. The molecule has 0 bridgehead atoms. The Morgan fingerprint density at radius 3 is 2.63 bits per heavy atom. The van der Waals surface area contributed by atoms with Crippen LogP contribution in [0.2, 0.25) is 0 Å². The van der Waals surface area contributed by atoms with Crippen LogP contribution in [0.3, 0.4) is 0 Å². The molecule has 3 saturated carbocycles. The molecule has 4 aliphatic carbocycles. The number of alkyl halides is 2. The molecule has 1 saturated heterocycles. The van der Waals surface area contributed by atoms with Gasteiger partial charge in [-0.2, -0.15) is 0 Å². The molecule has 1 aromatic heterocycles. The minimum absolute atomic E-state index is 0.00764. The first-order chi connectivity index (χ1) is 17.8.